The van der Waals surface area contributed by atoms with Crippen LogP contribution >= 0.6 is 0 Å². The van der Waals surface area contributed by atoms with E-state index in [0.717, 1.165) is 5.56 Å². The number of ether oxygens (including phenoxy) is 4. The minimum Gasteiger partial charge on any atom is -0.493 e. The molecule has 1 saturated heterocycles. The molecule has 122 valence electrons. The molecule has 0 spiro atoms. The molecular formula is C17H24O5. The number of aryl methyl sites for hydroxylation is 1. The summed E-state index contributed by atoms with van der Waals surface area (Å²) in [5.74, 6) is 1.33. The lowest BCUT2D eigenvalue weighted by atomic mass is 9.88. The zero-order valence-electron chi connectivity index (χ0n) is 13.8. The van der Waals surface area contributed by atoms with Crippen LogP contribution in [-0.2, 0) is 14.3 Å². The van der Waals surface area contributed by atoms with Crippen molar-refractivity contribution in [3.63, 3.8) is 0 Å². The first-order chi connectivity index (χ1) is 10.4. The van der Waals surface area contributed by atoms with Gasteiger partial charge >= 0.3 is 5.97 Å². The Morgan fingerprint density at radius 3 is 2.64 bits per heavy atom. The number of esters is 1. The third-order valence-electron chi connectivity index (χ3n) is 4.07. The Bertz CT molecular complexity index is 528. The van der Waals surface area contributed by atoms with Crippen LogP contribution in [-0.4, -0.2) is 32.1 Å². The summed E-state index contributed by atoms with van der Waals surface area (Å²) >= 11 is 0. The maximum Gasteiger partial charge on any atom is 0.303 e. The normalized spacial score (nSPS) is 28.0. The minimum atomic E-state index is -0.634. The van der Waals surface area contributed by atoms with Gasteiger partial charge in [0.25, 0.3) is 0 Å². The number of methoxy groups -OCH3 is 1. The fourth-order valence-electron chi connectivity index (χ4n) is 2.52. The van der Waals surface area contributed by atoms with Crippen molar-refractivity contribution in [2.75, 3.05) is 13.7 Å². The quantitative estimate of drug-likeness (QED) is 0.801. The highest BCUT2D eigenvalue weighted by atomic mass is 16.7. The van der Waals surface area contributed by atoms with Crippen LogP contribution in [0.15, 0.2) is 18.2 Å². The summed E-state index contributed by atoms with van der Waals surface area (Å²) in [6.07, 6.45) is -1.07. The van der Waals surface area contributed by atoms with Crippen LogP contribution in [0.4, 0.5) is 0 Å². The number of benzene rings is 1. The van der Waals surface area contributed by atoms with Crippen molar-refractivity contribution in [2.45, 2.75) is 40.1 Å². The number of carbonyl (C=O) groups is 1. The SMILES string of the molecule is COc1ccc(C)cc1O[C@@H]1OC[C@@H](C)[C@H](C)[C@H]1OC(C)=O. The molecule has 1 aromatic carbocycles. The molecule has 4 atom stereocenters. The summed E-state index contributed by atoms with van der Waals surface area (Å²) in [5, 5.41) is 0. The number of hydrogen-bond acceptors (Lipinski definition) is 5. The lowest BCUT2D eigenvalue weighted by Gasteiger charge is -2.39. The largest absolute Gasteiger partial charge is 0.493 e. The second-order valence-electron chi connectivity index (χ2n) is 5.88. The van der Waals surface area contributed by atoms with Gasteiger partial charge in [-0.25, -0.2) is 0 Å². The third kappa shape index (κ3) is 3.71. The molecule has 0 aromatic heterocycles. The molecule has 5 heteroatoms. The van der Waals surface area contributed by atoms with Crippen LogP contribution in [0, 0.1) is 18.8 Å². The maximum absolute atomic E-state index is 11.4. The summed E-state index contributed by atoms with van der Waals surface area (Å²) in [6, 6.07) is 5.68. The van der Waals surface area contributed by atoms with Crippen molar-refractivity contribution in [2.24, 2.45) is 11.8 Å². The van der Waals surface area contributed by atoms with E-state index >= 15 is 0 Å². The predicted octanol–water partition coefficient (Wildman–Crippen LogP) is 2.94. The molecule has 1 fully saturated rings. The van der Waals surface area contributed by atoms with Crippen LogP contribution in [0.1, 0.15) is 26.3 Å². The molecule has 0 N–H and O–H groups in total. The Balaban J connectivity index is 2.22. The summed E-state index contributed by atoms with van der Waals surface area (Å²) in [4.78, 5) is 11.4. The van der Waals surface area contributed by atoms with E-state index in [1.807, 2.05) is 32.0 Å². The molecule has 1 aliphatic rings. The number of carbonyl (C=O) groups excluding carboxylic acids is 1. The van der Waals surface area contributed by atoms with Crippen molar-refractivity contribution < 1.29 is 23.7 Å². The maximum atomic E-state index is 11.4. The highest BCUT2D eigenvalue weighted by molar-refractivity contribution is 5.66. The summed E-state index contributed by atoms with van der Waals surface area (Å²) in [7, 11) is 1.59. The first kappa shape index (κ1) is 16.6. The van der Waals surface area contributed by atoms with Gasteiger partial charge in [-0.3, -0.25) is 4.79 Å². The average molecular weight is 308 g/mol. The lowest BCUT2D eigenvalue weighted by Crippen LogP contribution is -2.49. The smallest absolute Gasteiger partial charge is 0.303 e. The molecule has 1 heterocycles. The first-order valence-corrected chi connectivity index (χ1v) is 7.52. The second kappa shape index (κ2) is 7.01. The molecule has 0 saturated carbocycles. The van der Waals surface area contributed by atoms with Gasteiger partial charge in [-0.1, -0.05) is 19.9 Å². The van der Waals surface area contributed by atoms with Crippen LogP contribution in [0.2, 0.25) is 0 Å². The van der Waals surface area contributed by atoms with E-state index in [2.05, 4.69) is 6.92 Å². The van der Waals surface area contributed by atoms with Gasteiger partial charge in [-0.2, -0.15) is 0 Å². The van der Waals surface area contributed by atoms with Gasteiger partial charge in [0.05, 0.1) is 13.7 Å². The molecule has 1 aliphatic heterocycles. The third-order valence-corrected chi connectivity index (χ3v) is 4.07. The molecule has 0 unspecified atom stereocenters. The number of rotatable bonds is 4. The van der Waals surface area contributed by atoms with Gasteiger partial charge in [0, 0.05) is 12.8 Å². The lowest BCUT2D eigenvalue weighted by molar-refractivity contribution is -0.220. The fourth-order valence-corrected chi connectivity index (χ4v) is 2.52. The molecule has 0 amide bonds. The Morgan fingerprint density at radius 1 is 1.27 bits per heavy atom. The monoisotopic (exact) mass is 308 g/mol. The van der Waals surface area contributed by atoms with Crippen molar-refractivity contribution in [1.82, 2.24) is 0 Å². The zero-order valence-corrected chi connectivity index (χ0v) is 13.8. The summed E-state index contributed by atoms with van der Waals surface area (Å²) < 4.78 is 22.5. The first-order valence-electron chi connectivity index (χ1n) is 7.52. The Morgan fingerprint density at radius 2 is 2.00 bits per heavy atom. The van der Waals surface area contributed by atoms with Crippen molar-refractivity contribution >= 4 is 5.97 Å². The van der Waals surface area contributed by atoms with E-state index in [1.165, 1.54) is 6.92 Å². The summed E-state index contributed by atoms with van der Waals surface area (Å²) in [6.45, 7) is 8.06. The van der Waals surface area contributed by atoms with Crippen molar-refractivity contribution in [3.8, 4) is 11.5 Å². The molecule has 1 aromatic rings. The van der Waals surface area contributed by atoms with Gasteiger partial charge in [0.1, 0.15) is 0 Å². The van der Waals surface area contributed by atoms with Gasteiger partial charge in [0.15, 0.2) is 17.6 Å². The Hall–Kier alpha value is -1.75. The van der Waals surface area contributed by atoms with Crippen LogP contribution in [0.3, 0.4) is 0 Å². The van der Waals surface area contributed by atoms with Gasteiger partial charge in [0.2, 0.25) is 6.29 Å². The Labute approximate surface area is 131 Å². The van der Waals surface area contributed by atoms with E-state index in [4.69, 9.17) is 18.9 Å². The topological polar surface area (TPSA) is 54.0 Å². The molecule has 0 bridgehead atoms. The molecule has 0 aliphatic carbocycles. The molecular weight excluding hydrogens is 284 g/mol. The average Bonchev–Trinajstić information content (AvgIpc) is 2.47. The molecule has 0 radical (unpaired) electrons. The highest BCUT2D eigenvalue weighted by Gasteiger charge is 2.40. The highest BCUT2D eigenvalue weighted by Crippen LogP contribution is 2.34. The fraction of sp³-hybridized carbons (Fsp3) is 0.588. The predicted molar refractivity (Wildman–Crippen MR) is 82.0 cm³/mol. The van der Waals surface area contributed by atoms with E-state index in [0.29, 0.717) is 24.0 Å². The summed E-state index contributed by atoms with van der Waals surface area (Å²) in [5.41, 5.74) is 1.05. The van der Waals surface area contributed by atoms with Crippen molar-refractivity contribution in [1.29, 1.82) is 0 Å². The van der Waals surface area contributed by atoms with E-state index in [9.17, 15) is 4.79 Å². The van der Waals surface area contributed by atoms with Crippen LogP contribution in [0.25, 0.3) is 0 Å². The molecule has 2 rings (SSSR count). The molecule has 22 heavy (non-hydrogen) atoms. The van der Waals surface area contributed by atoms with Gasteiger partial charge in [-0.05, 0) is 30.5 Å². The van der Waals surface area contributed by atoms with Gasteiger partial charge < -0.3 is 18.9 Å². The van der Waals surface area contributed by atoms with E-state index in [1.54, 1.807) is 7.11 Å². The van der Waals surface area contributed by atoms with Gasteiger partial charge in [-0.15, -0.1) is 0 Å². The van der Waals surface area contributed by atoms with Crippen LogP contribution < -0.4 is 9.47 Å². The van der Waals surface area contributed by atoms with Crippen molar-refractivity contribution in [3.05, 3.63) is 23.8 Å². The molecule has 5 nitrogen and oxygen atoms in total. The minimum absolute atomic E-state index is 0.151. The standard InChI is InChI=1S/C17H24O5/c1-10-6-7-14(19-5)15(8-10)22-17-16(21-13(4)18)12(3)11(2)9-20-17/h6-8,11-12,16-17H,9H2,1-5H3/t11-,12+,16-,17+/m1/s1. The zero-order chi connectivity index (χ0) is 16.3. The van der Waals surface area contributed by atoms with E-state index < -0.39 is 12.4 Å². The Kier molecular flexibility index (Phi) is 5.29. The van der Waals surface area contributed by atoms with E-state index in [-0.39, 0.29) is 11.9 Å². The number of hydrogen-bond donors (Lipinski definition) is 0. The van der Waals surface area contributed by atoms with Crippen LogP contribution in [0.5, 0.6) is 11.5 Å². The second-order valence-corrected chi connectivity index (χ2v) is 5.88.